The highest BCUT2D eigenvalue weighted by Gasteiger charge is 2.13. The highest BCUT2D eigenvalue weighted by molar-refractivity contribution is 5.76. The second-order valence-corrected chi connectivity index (χ2v) is 4.79. The number of carbonyl (C=O) groups excluding carboxylic acids is 1. The predicted octanol–water partition coefficient (Wildman–Crippen LogP) is 0.980. The van der Waals surface area contributed by atoms with Gasteiger partial charge in [-0.25, -0.2) is 0 Å². The lowest BCUT2D eigenvalue weighted by atomic mass is 10.0. The first-order chi connectivity index (χ1) is 9.67. The van der Waals surface area contributed by atoms with Crippen molar-refractivity contribution in [1.82, 2.24) is 5.32 Å². The van der Waals surface area contributed by atoms with Crippen LogP contribution >= 0.6 is 0 Å². The molecule has 0 aliphatic rings. The van der Waals surface area contributed by atoms with Crippen LogP contribution in [0.5, 0.6) is 0 Å². The maximum absolute atomic E-state index is 11.8. The van der Waals surface area contributed by atoms with Crippen molar-refractivity contribution < 1.29 is 14.6 Å². The van der Waals surface area contributed by atoms with E-state index in [1.807, 2.05) is 30.3 Å². The molecule has 0 radical (unpaired) electrons. The number of nitrogens with two attached hydrogens (primary N) is 1. The molecule has 0 aliphatic carbocycles. The number of benzene rings is 1. The highest BCUT2D eigenvalue weighted by Crippen LogP contribution is 2.14. The minimum atomic E-state index is -0.148. The number of aliphatic hydroxyl groups is 1. The summed E-state index contributed by atoms with van der Waals surface area (Å²) in [5.74, 6) is -0.0631. The lowest BCUT2D eigenvalue weighted by molar-refractivity contribution is -0.122. The van der Waals surface area contributed by atoms with Crippen LogP contribution in [-0.2, 0) is 9.53 Å². The molecule has 4 N–H and O–H groups in total. The summed E-state index contributed by atoms with van der Waals surface area (Å²) in [7, 11) is 1.57. The number of ether oxygens (including phenoxy) is 1. The Hall–Kier alpha value is -1.43. The lowest BCUT2D eigenvalue weighted by Crippen LogP contribution is -2.38. The van der Waals surface area contributed by atoms with E-state index >= 15 is 0 Å². The van der Waals surface area contributed by atoms with Crippen LogP contribution in [0.2, 0.25) is 0 Å². The molecule has 1 aromatic rings. The number of aliphatic hydroxyl groups excluding tert-OH is 1. The molecule has 0 spiro atoms. The average molecular weight is 280 g/mol. The Morgan fingerprint density at radius 2 is 2.05 bits per heavy atom. The van der Waals surface area contributed by atoms with Crippen molar-refractivity contribution in [2.45, 2.75) is 31.3 Å². The van der Waals surface area contributed by atoms with Gasteiger partial charge in [-0.3, -0.25) is 4.79 Å². The van der Waals surface area contributed by atoms with Gasteiger partial charge in [0.15, 0.2) is 0 Å². The van der Waals surface area contributed by atoms with Crippen molar-refractivity contribution in [2.24, 2.45) is 5.73 Å². The number of hydrogen-bond acceptors (Lipinski definition) is 4. The fraction of sp³-hybridized carbons (Fsp3) is 0.533. The molecule has 1 rings (SSSR count). The molecule has 0 heterocycles. The molecule has 0 saturated carbocycles. The van der Waals surface area contributed by atoms with E-state index in [9.17, 15) is 4.79 Å². The highest BCUT2D eigenvalue weighted by atomic mass is 16.5. The maximum Gasteiger partial charge on any atom is 0.220 e. The molecular formula is C15H24N2O3. The number of nitrogens with one attached hydrogen (secondary N) is 1. The van der Waals surface area contributed by atoms with E-state index in [-0.39, 0.29) is 24.6 Å². The Labute approximate surface area is 120 Å². The summed E-state index contributed by atoms with van der Waals surface area (Å²) >= 11 is 0. The van der Waals surface area contributed by atoms with Crippen LogP contribution in [0.1, 0.15) is 30.9 Å². The Kier molecular flexibility index (Phi) is 7.87. The van der Waals surface area contributed by atoms with Crippen LogP contribution in [0.3, 0.4) is 0 Å². The Balaban J connectivity index is 2.35. The molecule has 2 atom stereocenters. The van der Waals surface area contributed by atoms with Gasteiger partial charge >= 0.3 is 0 Å². The van der Waals surface area contributed by atoms with Crippen LogP contribution in [0.4, 0.5) is 0 Å². The molecule has 2 unspecified atom stereocenters. The molecule has 1 aromatic carbocycles. The van der Waals surface area contributed by atoms with Crippen molar-refractivity contribution >= 4 is 5.91 Å². The van der Waals surface area contributed by atoms with Crippen LogP contribution in [0, 0.1) is 0 Å². The lowest BCUT2D eigenvalue weighted by Gasteiger charge is -2.18. The van der Waals surface area contributed by atoms with Crippen LogP contribution in [0.15, 0.2) is 30.3 Å². The standard InChI is InChI=1S/C15H24N2O3/c1-20-11-13(9-10-18)17-15(19)8-7-14(16)12-5-3-2-4-6-12/h2-6,13-14,18H,7-11,16H2,1H3,(H,17,19). The van der Waals surface area contributed by atoms with Crippen molar-refractivity contribution in [3.63, 3.8) is 0 Å². The minimum absolute atomic E-state index is 0.0256. The zero-order valence-electron chi connectivity index (χ0n) is 11.9. The van der Waals surface area contributed by atoms with E-state index in [1.165, 1.54) is 0 Å². The normalized spacial score (nSPS) is 13.8. The Morgan fingerprint density at radius 1 is 1.35 bits per heavy atom. The molecule has 5 nitrogen and oxygen atoms in total. The maximum atomic E-state index is 11.8. The zero-order chi connectivity index (χ0) is 14.8. The smallest absolute Gasteiger partial charge is 0.220 e. The van der Waals surface area contributed by atoms with Crippen molar-refractivity contribution in [1.29, 1.82) is 0 Å². The van der Waals surface area contributed by atoms with Gasteiger partial charge in [0.05, 0.1) is 12.6 Å². The van der Waals surface area contributed by atoms with Gasteiger partial charge in [0, 0.05) is 26.2 Å². The Bertz CT molecular complexity index is 378. The summed E-state index contributed by atoms with van der Waals surface area (Å²) in [6.07, 6.45) is 1.45. The second kappa shape index (κ2) is 9.47. The summed E-state index contributed by atoms with van der Waals surface area (Å²) < 4.78 is 5.00. The number of amides is 1. The molecule has 0 saturated heterocycles. The molecular weight excluding hydrogens is 256 g/mol. The Morgan fingerprint density at radius 3 is 2.65 bits per heavy atom. The number of hydrogen-bond donors (Lipinski definition) is 3. The molecule has 112 valence electrons. The van der Waals surface area contributed by atoms with Crippen molar-refractivity contribution in [2.75, 3.05) is 20.3 Å². The first kappa shape index (κ1) is 16.6. The van der Waals surface area contributed by atoms with Gasteiger partial charge < -0.3 is 20.9 Å². The van der Waals surface area contributed by atoms with Crippen molar-refractivity contribution in [3.05, 3.63) is 35.9 Å². The van der Waals surface area contributed by atoms with Crippen LogP contribution in [0.25, 0.3) is 0 Å². The number of carbonyl (C=O) groups is 1. The minimum Gasteiger partial charge on any atom is -0.396 e. The van der Waals surface area contributed by atoms with Gasteiger partial charge in [-0.05, 0) is 18.4 Å². The number of rotatable bonds is 9. The summed E-state index contributed by atoms with van der Waals surface area (Å²) in [6.45, 7) is 0.425. The largest absolute Gasteiger partial charge is 0.396 e. The fourth-order valence-electron chi connectivity index (χ4n) is 2.01. The third-order valence-corrected chi connectivity index (χ3v) is 3.12. The number of methoxy groups -OCH3 is 1. The summed E-state index contributed by atoms with van der Waals surface area (Å²) in [5.41, 5.74) is 7.08. The van der Waals surface area contributed by atoms with Gasteiger partial charge in [0.2, 0.25) is 5.91 Å². The third-order valence-electron chi connectivity index (χ3n) is 3.12. The van der Waals surface area contributed by atoms with Gasteiger partial charge in [0.1, 0.15) is 0 Å². The van der Waals surface area contributed by atoms with Gasteiger partial charge in [-0.2, -0.15) is 0 Å². The molecule has 0 aliphatic heterocycles. The summed E-state index contributed by atoms with van der Waals surface area (Å²) in [5, 5.41) is 11.8. The molecule has 0 aromatic heterocycles. The quantitative estimate of drug-likeness (QED) is 0.629. The monoisotopic (exact) mass is 280 g/mol. The van der Waals surface area contributed by atoms with Crippen LogP contribution in [-0.4, -0.2) is 37.4 Å². The predicted molar refractivity (Wildman–Crippen MR) is 78.1 cm³/mol. The van der Waals surface area contributed by atoms with Crippen LogP contribution < -0.4 is 11.1 Å². The average Bonchev–Trinajstić information content (AvgIpc) is 2.46. The van der Waals surface area contributed by atoms with E-state index in [2.05, 4.69) is 5.32 Å². The summed E-state index contributed by atoms with van der Waals surface area (Å²) in [6, 6.07) is 9.44. The van der Waals surface area contributed by atoms with E-state index in [4.69, 9.17) is 15.6 Å². The SMILES string of the molecule is COCC(CCO)NC(=O)CCC(N)c1ccccc1. The fourth-order valence-corrected chi connectivity index (χ4v) is 2.01. The molecule has 0 fully saturated rings. The third kappa shape index (κ3) is 6.14. The van der Waals surface area contributed by atoms with Crippen molar-refractivity contribution in [3.8, 4) is 0 Å². The zero-order valence-corrected chi connectivity index (χ0v) is 11.9. The first-order valence-electron chi connectivity index (χ1n) is 6.87. The molecule has 0 bridgehead atoms. The van der Waals surface area contributed by atoms with E-state index in [0.717, 1.165) is 5.56 Å². The van der Waals surface area contributed by atoms with E-state index in [0.29, 0.717) is 25.9 Å². The molecule has 20 heavy (non-hydrogen) atoms. The summed E-state index contributed by atoms with van der Waals surface area (Å²) in [4.78, 5) is 11.8. The van der Waals surface area contributed by atoms with E-state index in [1.54, 1.807) is 7.11 Å². The van der Waals surface area contributed by atoms with Gasteiger partial charge in [0.25, 0.3) is 0 Å². The first-order valence-corrected chi connectivity index (χ1v) is 6.87. The van der Waals surface area contributed by atoms with Gasteiger partial charge in [-0.1, -0.05) is 30.3 Å². The van der Waals surface area contributed by atoms with E-state index < -0.39 is 0 Å². The molecule has 1 amide bonds. The second-order valence-electron chi connectivity index (χ2n) is 4.79. The molecule has 5 heteroatoms. The topological polar surface area (TPSA) is 84.6 Å². The van der Waals surface area contributed by atoms with Gasteiger partial charge in [-0.15, -0.1) is 0 Å².